The van der Waals surface area contributed by atoms with Crippen molar-refractivity contribution in [2.24, 2.45) is 0 Å². The van der Waals surface area contributed by atoms with Crippen LogP contribution in [0.4, 0.5) is 0 Å². The van der Waals surface area contributed by atoms with Gasteiger partial charge in [0.25, 0.3) is 0 Å². The van der Waals surface area contributed by atoms with Gasteiger partial charge in [-0.25, -0.2) is 8.42 Å². The van der Waals surface area contributed by atoms with Crippen LogP contribution >= 0.6 is 22.6 Å². The van der Waals surface area contributed by atoms with Gasteiger partial charge in [0.05, 0.1) is 9.64 Å². The molecule has 2 nitrogen and oxygen atoms in total. The summed E-state index contributed by atoms with van der Waals surface area (Å²) in [7, 11) is -3.08. The molecule has 0 aromatic heterocycles. The van der Waals surface area contributed by atoms with Gasteiger partial charge in [0, 0.05) is 3.42 Å². The van der Waals surface area contributed by atoms with E-state index in [1.165, 1.54) is 0 Å². The normalized spacial score (nSPS) is 37.9. The van der Waals surface area contributed by atoms with Gasteiger partial charge < -0.3 is 0 Å². The summed E-state index contributed by atoms with van der Waals surface area (Å²) in [6, 6.07) is 8.84. The zero-order valence-corrected chi connectivity index (χ0v) is 11.1. The molecule has 0 saturated heterocycles. The van der Waals surface area contributed by atoms with Gasteiger partial charge in [0.1, 0.15) is 0 Å². The summed E-state index contributed by atoms with van der Waals surface area (Å²) in [4.78, 5) is 0.489. The van der Waals surface area contributed by atoms with E-state index >= 15 is 0 Å². The molecule has 1 aromatic carbocycles. The molecule has 0 heterocycles. The minimum Gasteiger partial charge on any atom is -0.223 e. The van der Waals surface area contributed by atoms with Crippen LogP contribution in [0.2, 0.25) is 0 Å². The molecule has 3 saturated carbocycles. The predicted molar refractivity (Wildman–Crippen MR) is 67.0 cm³/mol. The molecule has 0 aliphatic heterocycles. The van der Waals surface area contributed by atoms with Gasteiger partial charge in [-0.05, 0) is 31.4 Å². The molecule has 0 radical (unpaired) electrons. The van der Waals surface area contributed by atoms with Crippen molar-refractivity contribution >= 4 is 32.4 Å². The van der Waals surface area contributed by atoms with E-state index in [0.717, 1.165) is 19.3 Å². The van der Waals surface area contributed by atoms with Crippen molar-refractivity contribution in [1.82, 2.24) is 0 Å². The van der Waals surface area contributed by atoms with Crippen LogP contribution in [-0.4, -0.2) is 16.6 Å². The summed E-state index contributed by atoms with van der Waals surface area (Å²) in [6.45, 7) is 0. The van der Waals surface area contributed by atoms with E-state index in [1.807, 2.05) is 6.07 Å². The molecule has 0 amide bonds. The summed E-state index contributed by atoms with van der Waals surface area (Å²) in [5.41, 5.74) is 0. The predicted octanol–water partition coefficient (Wildman–Crippen LogP) is 2.57. The monoisotopic (exact) mass is 334 g/mol. The van der Waals surface area contributed by atoms with Crippen LogP contribution in [0, 0.1) is 0 Å². The number of alkyl halides is 1. The summed E-state index contributed by atoms with van der Waals surface area (Å²) in [5.74, 6) is 0. The Labute approximate surface area is 103 Å². The van der Waals surface area contributed by atoms with Gasteiger partial charge in [-0.15, -0.1) is 0 Å². The van der Waals surface area contributed by atoms with E-state index < -0.39 is 14.6 Å². The SMILES string of the molecule is O=S(=O)(c1ccccc1)C12CC(I)(C1)C2. The Balaban J connectivity index is 2.00. The molecule has 4 heteroatoms. The maximum atomic E-state index is 12.3. The molecule has 3 fully saturated rings. The Morgan fingerprint density at radius 3 is 2.07 bits per heavy atom. The Hall–Kier alpha value is -0.100. The summed E-state index contributed by atoms with van der Waals surface area (Å²) < 4.78 is 24.5. The number of rotatable bonds is 2. The number of halogens is 1. The lowest BCUT2D eigenvalue weighted by Gasteiger charge is -2.66. The van der Waals surface area contributed by atoms with Crippen LogP contribution in [0.1, 0.15) is 19.3 Å². The van der Waals surface area contributed by atoms with Gasteiger partial charge in [-0.1, -0.05) is 40.8 Å². The molecule has 0 N–H and O–H groups in total. The third-order valence-corrected chi connectivity index (χ3v) is 7.15. The first-order valence-electron chi connectivity index (χ1n) is 4.96. The first-order chi connectivity index (χ1) is 6.98. The van der Waals surface area contributed by atoms with Crippen molar-refractivity contribution in [3.05, 3.63) is 30.3 Å². The molecule has 3 aliphatic rings. The van der Waals surface area contributed by atoms with E-state index in [9.17, 15) is 8.42 Å². The Bertz CT molecular complexity index is 487. The van der Waals surface area contributed by atoms with Crippen molar-refractivity contribution in [3.63, 3.8) is 0 Å². The second-order valence-corrected chi connectivity index (χ2v) is 9.31. The molecule has 4 rings (SSSR count). The van der Waals surface area contributed by atoms with Crippen LogP contribution in [0.15, 0.2) is 35.2 Å². The molecule has 1 aromatic rings. The molecule has 0 unspecified atom stereocenters. The summed E-state index contributed by atoms with van der Waals surface area (Å²) >= 11 is 2.40. The Morgan fingerprint density at radius 1 is 1.07 bits per heavy atom. The summed E-state index contributed by atoms with van der Waals surface area (Å²) in [6.07, 6.45) is 2.54. The number of benzene rings is 1. The Morgan fingerprint density at radius 2 is 1.60 bits per heavy atom. The lowest BCUT2D eigenvalue weighted by molar-refractivity contribution is 0.103. The highest BCUT2D eigenvalue weighted by atomic mass is 127. The topological polar surface area (TPSA) is 34.1 Å². The highest BCUT2D eigenvalue weighted by molar-refractivity contribution is 14.1. The van der Waals surface area contributed by atoms with E-state index in [0.29, 0.717) is 8.32 Å². The smallest absolute Gasteiger partial charge is 0.184 e. The fourth-order valence-corrected chi connectivity index (χ4v) is 8.09. The molecular formula is C11H11IO2S. The van der Waals surface area contributed by atoms with E-state index in [2.05, 4.69) is 22.6 Å². The van der Waals surface area contributed by atoms with Crippen molar-refractivity contribution < 1.29 is 8.42 Å². The molecule has 0 atom stereocenters. The standard InChI is InChI=1S/C11H11IO2S/c12-10-6-11(7-10,8-10)15(13,14)9-4-2-1-3-5-9/h1-5H,6-8H2. The van der Waals surface area contributed by atoms with Crippen molar-refractivity contribution in [1.29, 1.82) is 0 Å². The molecule has 2 bridgehead atoms. The van der Waals surface area contributed by atoms with E-state index in [-0.39, 0.29) is 0 Å². The summed E-state index contributed by atoms with van der Waals surface area (Å²) in [5, 5.41) is 0. The average molecular weight is 334 g/mol. The largest absolute Gasteiger partial charge is 0.223 e. The van der Waals surface area contributed by atoms with Crippen LogP contribution in [0.3, 0.4) is 0 Å². The van der Waals surface area contributed by atoms with Crippen molar-refractivity contribution in [2.75, 3.05) is 0 Å². The maximum Gasteiger partial charge on any atom is 0.184 e. The second-order valence-electron chi connectivity index (χ2n) is 4.68. The van der Waals surface area contributed by atoms with Gasteiger partial charge in [-0.2, -0.15) is 0 Å². The molecule has 0 spiro atoms. The third-order valence-electron chi connectivity index (χ3n) is 3.54. The lowest BCUT2D eigenvalue weighted by Crippen LogP contribution is -2.71. The van der Waals surface area contributed by atoms with Gasteiger partial charge >= 0.3 is 0 Å². The number of hydrogen-bond donors (Lipinski definition) is 0. The van der Waals surface area contributed by atoms with Crippen LogP contribution in [0.5, 0.6) is 0 Å². The lowest BCUT2D eigenvalue weighted by atomic mass is 9.55. The van der Waals surface area contributed by atoms with Crippen molar-refractivity contribution in [3.8, 4) is 0 Å². The number of hydrogen-bond acceptors (Lipinski definition) is 2. The highest BCUT2D eigenvalue weighted by Gasteiger charge is 2.73. The minimum atomic E-state index is -3.08. The van der Waals surface area contributed by atoms with Crippen LogP contribution in [-0.2, 0) is 9.84 Å². The second kappa shape index (κ2) is 2.77. The van der Waals surface area contributed by atoms with E-state index in [1.54, 1.807) is 24.3 Å². The van der Waals surface area contributed by atoms with Crippen LogP contribution < -0.4 is 0 Å². The highest BCUT2D eigenvalue weighted by Crippen LogP contribution is 2.70. The van der Waals surface area contributed by atoms with Crippen LogP contribution in [0.25, 0.3) is 0 Å². The molecule has 3 aliphatic carbocycles. The van der Waals surface area contributed by atoms with E-state index in [4.69, 9.17) is 0 Å². The van der Waals surface area contributed by atoms with Crippen molar-refractivity contribution in [2.45, 2.75) is 32.3 Å². The zero-order chi connectivity index (χ0) is 10.7. The average Bonchev–Trinajstić information content (AvgIpc) is 2.13. The zero-order valence-electron chi connectivity index (χ0n) is 8.11. The van der Waals surface area contributed by atoms with Gasteiger partial charge in [0.15, 0.2) is 9.84 Å². The van der Waals surface area contributed by atoms with Gasteiger partial charge in [0.2, 0.25) is 0 Å². The molecule has 15 heavy (non-hydrogen) atoms. The first kappa shape index (κ1) is 10.1. The first-order valence-corrected chi connectivity index (χ1v) is 7.52. The molecular weight excluding hydrogens is 323 g/mol. The number of sulfone groups is 1. The fourth-order valence-electron chi connectivity index (χ4n) is 2.71. The molecule has 80 valence electrons. The minimum absolute atomic E-state index is 0.305. The third kappa shape index (κ3) is 1.18. The quantitative estimate of drug-likeness (QED) is 0.615. The van der Waals surface area contributed by atoms with Gasteiger partial charge in [-0.3, -0.25) is 0 Å². The maximum absolute atomic E-state index is 12.3. The fraction of sp³-hybridized carbons (Fsp3) is 0.455. The Kier molecular flexibility index (Phi) is 1.86.